The van der Waals surface area contributed by atoms with Crippen LogP contribution in [0.2, 0.25) is 0 Å². The molecule has 0 bridgehead atoms. The Bertz CT molecular complexity index is 321. The maximum Gasteiger partial charge on any atom is 0.323 e. The predicted octanol–water partition coefficient (Wildman–Crippen LogP) is 0.216. The number of nitrogens with zero attached hydrogens (tertiary/aromatic N) is 1. The van der Waals surface area contributed by atoms with Gasteiger partial charge in [-0.25, -0.2) is 8.42 Å². The lowest BCUT2D eigenvalue weighted by Gasteiger charge is -2.31. The molecular weight excluding hydrogens is 218 g/mol. The van der Waals surface area contributed by atoms with Gasteiger partial charge in [-0.05, 0) is 33.9 Å². The lowest BCUT2D eigenvalue weighted by atomic mass is 10.0. The van der Waals surface area contributed by atoms with Gasteiger partial charge in [0.25, 0.3) is 0 Å². The van der Waals surface area contributed by atoms with Gasteiger partial charge in [0.2, 0.25) is 0 Å². The van der Waals surface area contributed by atoms with Crippen LogP contribution in [0.5, 0.6) is 0 Å². The van der Waals surface area contributed by atoms with Gasteiger partial charge in [-0.15, -0.1) is 0 Å². The van der Waals surface area contributed by atoms with Crippen LogP contribution >= 0.6 is 0 Å². The molecule has 0 unspecified atom stereocenters. The molecule has 0 aromatic carbocycles. The molecule has 90 valence electrons. The summed E-state index contributed by atoms with van der Waals surface area (Å²) >= 11 is 0. The molecule has 0 aromatic heterocycles. The highest BCUT2D eigenvalue weighted by Crippen LogP contribution is 2.12. The molecule has 0 spiro atoms. The molecule has 0 aliphatic carbocycles. The fourth-order valence-electron chi connectivity index (χ4n) is 1.01. The highest BCUT2D eigenvalue weighted by molar-refractivity contribution is 7.90. The Kier molecular flexibility index (Phi) is 4.73. The molecule has 0 radical (unpaired) electrons. The van der Waals surface area contributed by atoms with E-state index in [1.54, 1.807) is 25.8 Å². The molecule has 5 nitrogen and oxygen atoms in total. The molecule has 0 aliphatic rings. The molecule has 0 aliphatic heterocycles. The molecule has 0 heterocycles. The lowest BCUT2D eigenvalue weighted by Crippen LogP contribution is -2.48. The second-order valence-corrected chi connectivity index (χ2v) is 6.53. The van der Waals surface area contributed by atoms with Crippen molar-refractivity contribution in [1.29, 1.82) is 0 Å². The van der Waals surface area contributed by atoms with E-state index in [1.807, 2.05) is 0 Å². The fourth-order valence-corrected chi connectivity index (χ4v) is 1.66. The quantitative estimate of drug-likeness (QED) is 0.715. The van der Waals surface area contributed by atoms with Crippen molar-refractivity contribution in [3.05, 3.63) is 0 Å². The number of hydrogen-bond donors (Lipinski definition) is 1. The van der Waals surface area contributed by atoms with E-state index in [0.717, 1.165) is 0 Å². The number of carboxylic acid groups (broad SMARTS) is 1. The summed E-state index contributed by atoms with van der Waals surface area (Å²) in [4.78, 5) is 12.5. The maximum atomic E-state index is 10.9. The van der Waals surface area contributed by atoms with E-state index in [1.165, 1.54) is 6.26 Å². The molecule has 0 saturated heterocycles. The van der Waals surface area contributed by atoms with E-state index in [9.17, 15) is 13.2 Å². The average molecular weight is 237 g/mol. The van der Waals surface area contributed by atoms with Crippen molar-refractivity contribution in [3.8, 4) is 0 Å². The molecular formula is C9H19NO4S. The average Bonchev–Trinajstić information content (AvgIpc) is 2.01. The summed E-state index contributed by atoms with van der Waals surface area (Å²) < 4.78 is 21.7. The van der Waals surface area contributed by atoms with Gasteiger partial charge in [-0.1, -0.05) is 0 Å². The SMILES string of the molecule is CN(CCCS(C)(=O)=O)C(C)(C)C(=O)O. The van der Waals surface area contributed by atoms with E-state index >= 15 is 0 Å². The highest BCUT2D eigenvalue weighted by Gasteiger charge is 2.31. The largest absolute Gasteiger partial charge is 0.480 e. The van der Waals surface area contributed by atoms with Crippen LogP contribution < -0.4 is 0 Å². The van der Waals surface area contributed by atoms with Crippen molar-refractivity contribution in [2.24, 2.45) is 0 Å². The van der Waals surface area contributed by atoms with Crippen LogP contribution in [0.1, 0.15) is 20.3 Å². The van der Waals surface area contributed by atoms with Gasteiger partial charge >= 0.3 is 5.97 Å². The predicted molar refractivity (Wildman–Crippen MR) is 58.7 cm³/mol. The van der Waals surface area contributed by atoms with Gasteiger partial charge in [0, 0.05) is 6.26 Å². The Balaban J connectivity index is 4.16. The minimum Gasteiger partial charge on any atom is -0.480 e. The van der Waals surface area contributed by atoms with E-state index in [0.29, 0.717) is 13.0 Å². The maximum absolute atomic E-state index is 10.9. The zero-order valence-electron chi connectivity index (χ0n) is 9.65. The van der Waals surface area contributed by atoms with Crippen LogP contribution in [0.3, 0.4) is 0 Å². The Hall–Kier alpha value is -0.620. The van der Waals surface area contributed by atoms with Crippen molar-refractivity contribution in [2.45, 2.75) is 25.8 Å². The Labute approximate surface area is 91.0 Å². The van der Waals surface area contributed by atoms with Crippen LogP contribution in [0.4, 0.5) is 0 Å². The summed E-state index contributed by atoms with van der Waals surface area (Å²) in [7, 11) is -1.28. The van der Waals surface area contributed by atoms with Crippen molar-refractivity contribution in [3.63, 3.8) is 0 Å². The number of likely N-dealkylation sites (N-methyl/N-ethyl adjacent to an activating group) is 1. The van der Waals surface area contributed by atoms with E-state index < -0.39 is 21.3 Å². The van der Waals surface area contributed by atoms with E-state index in [2.05, 4.69) is 0 Å². The third-order valence-corrected chi connectivity index (χ3v) is 3.52. The number of carboxylic acids is 1. The van der Waals surface area contributed by atoms with Crippen LogP contribution in [-0.2, 0) is 14.6 Å². The molecule has 15 heavy (non-hydrogen) atoms. The summed E-state index contributed by atoms with van der Waals surface area (Å²) in [5.41, 5.74) is -0.961. The first-order chi connectivity index (χ1) is 6.57. The van der Waals surface area contributed by atoms with E-state index in [-0.39, 0.29) is 5.75 Å². The van der Waals surface area contributed by atoms with Gasteiger partial charge in [0.1, 0.15) is 15.4 Å². The number of hydrogen-bond acceptors (Lipinski definition) is 4. The molecule has 6 heteroatoms. The second-order valence-electron chi connectivity index (χ2n) is 4.27. The fraction of sp³-hybridized carbons (Fsp3) is 0.889. The Morgan fingerprint density at radius 1 is 1.40 bits per heavy atom. The first kappa shape index (κ1) is 14.4. The zero-order valence-corrected chi connectivity index (χ0v) is 10.5. The van der Waals surface area contributed by atoms with Crippen LogP contribution in [0, 0.1) is 0 Å². The Morgan fingerprint density at radius 3 is 2.20 bits per heavy atom. The monoisotopic (exact) mass is 237 g/mol. The van der Waals surface area contributed by atoms with Gasteiger partial charge < -0.3 is 5.11 Å². The number of carbonyl (C=O) groups is 1. The zero-order chi connectivity index (χ0) is 12.3. The van der Waals surface area contributed by atoms with Crippen molar-refractivity contribution in [2.75, 3.05) is 25.6 Å². The smallest absolute Gasteiger partial charge is 0.323 e. The summed E-state index contributed by atoms with van der Waals surface area (Å²) in [5, 5.41) is 8.91. The van der Waals surface area contributed by atoms with Crippen molar-refractivity contribution < 1.29 is 18.3 Å². The van der Waals surface area contributed by atoms with Crippen LogP contribution in [0.15, 0.2) is 0 Å². The summed E-state index contributed by atoms with van der Waals surface area (Å²) in [6.45, 7) is 3.64. The van der Waals surface area contributed by atoms with Crippen molar-refractivity contribution >= 4 is 15.8 Å². The Morgan fingerprint density at radius 2 is 1.87 bits per heavy atom. The van der Waals surface area contributed by atoms with Gasteiger partial charge in [-0.2, -0.15) is 0 Å². The lowest BCUT2D eigenvalue weighted by molar-refractivity contribution is -0.148. The van der Waals surface area contributed by atoms with Crippen LogP contribution in [-0.4, -0.2) is 55.5 Å². The molecule has 0 fully saturated rings. The van der Waals surface area contributed by atoms with Crippen molar-refractivity contribution in [1.82, 2.24) is 4.90 Å². The minimum atomic E-state index is -2.96. The van der Waals surface area contributed by atoms with Gasteiger partial charge in [0.05, 0.1) is 5.75 Å². The third-order valence-electron chi connectivity index (χ3n) is 2.49. The second kappa shape index (κ2) is 4.94. The normalized spacial score (nSPS) is 13.1. The molecule has 0 saturated carbocycles. The van der Waals surface area contributed by atoms with Gasteiger partial charge in [0.15, 0.2) is 0 Å². The standard InChI is InChI=1S/C9H19NO4S/c1-9(2,8(11)12)10(3)6-5-7-15(4,13)14/h5-7H2,1-4H3,(H,11,12). The number of sulfone groups is 1. The topological polar surface area (TPSA) is 74.7 Å². The third kappa shape index (κ3) is 5.13. The van der Waals surface area contributed by atoms with Crippen LogP contribution in [0.25, 0.3) is 0 Å². The summed E-state index contributed by atoms with van der Waals surface area (Å²) in [5.74, 6) is -0.822. The summed E-state index contributed by atoms with van der Waals surface area (Å²) in [6, 6.07) is 0. The molecule has 0 amide bonds. The van der Waals surface area contributed by atoms with E-state index in [4.69, 9.17) is 5.11 Å². The molecule has 0 atom stereocenters. The number of aliphatic carboxylic acids is 1. The summed E-state index contributed by atoms with van der Waals surface area (Å²) in [6.07, 6.45) is 1.63. The highest BCUT2D eigenvalue weighted by atomic mass is 32.2. The molecule has 1 N–H and O–H groups in total. The number of rotatable bonds is 6. The molecule has 0 aromatic rings. The molecule has 0 rings (SSSR count). The minimum absolute atomic E-state index is 0.0903. The van der Waals surface area contributed by atoms with Gasteiger partial charge in [-0.3, -0.25) is 9.69 Å². The first-order valence-electron chi connectivity index (χ1n) is 4.70. The first-order valence-corrected chi connectivity index (χ1v) is 6.76.